The number of hydrogen-bond donors (Lipinski definition) is 0. The van der Waals surface area contributed by atoms with Gasteiger partial charge in [0.05, 0.1) is 11.2 Å². The fraction of sp³-hybridized carbons (Fsp3) is 0.243. The van der Waals surface area contributed by atoms with Gasteiger partial charge in [-0.1, -0.05) is 86.6 Å². The Morgan fingerprint density at radius 3 is 1.85 bits per heavy atom. The number of nitrogens with zero attached hydrogens (tertiary/aromatic N) is 1. The molecule has 0 unspecified atom stereocenters. The van der Waals surface area contributed by atoms with Crippen molar-refractivity contribution in [3.05, 3.63) is 120 Å². The molecule has 5 aromatic carbocycles. The van der Waals surface area contributed by atoms with Crippen molar-refractivity contribution in [1.82, 2.24) is 0 Å². The van der Waals surface area contributed by atoms with E-state index >= 15 is 0 Å². The van der Waals surface area contributed by atoms with Gasteiger partial charge in [-0.25, -0.2) is 0 Å². The topological polar surface area (TPSA) is 21.7 Å². The van der Waals surface area contributed by atoms with Crippen LogP contribution in [0.15, 0.2) is 109 Å². The Balaban J connectivity index is 1.30. The van der Waals surface area contributed by atoms with E-state index in [1.807, 2.05) is 0 Å². The zero-order valence-corrected chi connectivity index (χ0v) is 24.7. The summed E-state index contributed by atoms with van der Waals surface area (Å²) in [5.74, 6) is 0. The normalized spacial score (nSPS) is 17.9. The van der Waals surface area contributed by atoms with Crippen molar-refractivity contribution >= 4 is 40.4 Å². The Kier molecular flexibility index (Phi) is 5.77. The molecule has 41 heavy (non-hydrogen) atoms. The van der Waals surface area contributed by atoms with Crippen molar-refractivity contribution in [2.75, 3.05) is 4.90 Å². The van der Waals surface area contributed by atoms with Crippen LogP contribution in [0.25, 0.3) is 21.9 Å². The van der Waals surface area contributed by atoms with Crippen molar-refractivity contribution < 1.29 is 9.31 Å². The lowest BCUT2D eigenvalue weighted by Gasteiger charge is -2.32. The van der Waals surface area contributed by atoms with Crippen LogP contribution in [-0.4, -0.2) is 18.3 Å². The molecule has 204 valence electrons. The van der Waals surface area contributed by atoms with Crippen LogP contribution in [0.4, 0.5) is 17.1 Å². The molecule has 1 saturated heterocycles. The predicted octanol–water partition coefficient (Wildman–Crippen LogP) is 8.92. The lowest BCUT2D eigenvalue weighted by molar-refractivity contribution is 0.00578. The maximum Gasteiger partial charge on any atom is 0.494 e. The van der Waals surface area contributed by atoms with Crippen LogP contribution < -0.4 is 10.4 Å². The molecule has 0 bridgehead atoms. The van der Waals surface area contributed by atoms with E-state index in [1.165, 1.54) is 33.0 Å². The van der Waals surface area contributed by atoms with Crippen LogP contribution >= 0.6 is 0 Å². The van der Waals surface area contributed by atoms with Gasteiger partial charge < -0.3 is 14.2 Å². The van der Waals surface area contributed by atoms with Gasteiger partial charge in [0.1, 0.15) is 0 Å². The molecule has 1 fully saturated rings. The third kappa shape index (κ3) is 4.12. The number of hydrogen-bond acceptors (Lipinski definition) is 3. The first kappa shape index (κ1) is 26.1. The molecule has 0 atom stereocenters. The molecule has 1 aliphatic heterocycles. The summed E-state index contributed by atoms with van der Waals surface area (Å²) in [6, 6.07) is 39.6. The van der Waals surface area contributed by atoms with Crippen molar-refractivity contribution in [2.45, 2.75) is 58.2 Å². The van der Waals surface area contributed by atoms with E-state index in [2.05, 4.69) is 156 Å². The van der Waals surface area contributed by atoms with Gasteiger partial charge in [-0.2, -0.15) is 0 Å². The Bertz CT molecular complexity index is 1770. The second-order valence-corrected chi connectivity index (χ2v) is 13.0. The van der Waals surface area contributed by atoms with Gasteiger partial charge in [0.2, 0.25) is 0 Å². The Morgan fingerprint density at radius 2 is 1.10 bits per heavy atom. The quantitative estimate of drug-likeness (QED) is 0.214. The molecule has 1 aliphatic carbocycles. The van der Waals surface area contributed by atoms with E-state index in [0.29, 0.717) is 0 Å². The van der Waals surface area contributed by atoms with Crippen LogP contribution in [0.5, 0.6) is 0 Å². The van der Waals surface area contributed by atoms with Crippen LogP contribution in [0.2, 0.25) is 0 Å². The highest BCUT2D eigenvalue weighted by Gasteiger charge is 2.51. The summed E-state index contributed by atoms with van der Waals surface area (Å²) < 4.78 is 12.6. The zero-order chi connectivity index (χ0) is 28.6. The molecule has 0 saturated carbocycles. The Labute approximate surface area is 243 Å². The first-order valence-corrected chi connectivity index (χ1v) is 14.5. The number of fused-ring (bicyclic) bond motifs is 4. The molecule has 0 radical (unpaired) electrons. The summed E-state index contributed by atoms with van der Waals surface area (Å²) in [5, 5.41) is 2.34. The molecule has 1 heterocycles. The molecule has 5 aromatic rings. The first-order chi connectivity index (χ1) is 19.5. The third-order valence-electron chi connectivity index (χ3n) is 9.47. The average Bonchev–Trinajstić information content (AvgIpc) is 3.33. The van der Waals surface area contributed by atoms with Gasteiger partial charge in [-0.15, -0.1) is 0 Å². The van der Waals surface area contributed by atoms with E-state index in [9.17, 15) is 0 Å². The smallest absolute Gasteiger partial charge is 0.399 e. The van der Waals surface area contributed by atoms with Gasteiger partial charge in [0.15, 0.2) is 0 Å². The molecule has 0 aromatic heterocycles. The van der Waals surface area contributed by atoms with Gasteiger partial charge in [0, 0.05) is 22.5 Å². The second kappa shape index (κ2) is 9.07. The summed E-state index contributed by atoms with van der Waals surface area (Å²) in [6.45, 7) is 13.0. The minimum absolute atomic E-state index is 0.0579. The van der Waals surface area contributed by atoms with E-state index in [0.717, 1.165) is 22.5 Å². The summed E-state index contributed by atoms with van der Waals surface area (Å²) in [5.41, 5.74) is 9.11. The molecule has 4 heteroatoms. The molecule has 3 nitrogen and oxygen atoms in total. The van der Waals surface area contributed by atoms with Crippen molar-refractivity contribution in [1.29, 1.82) is 0 Å². The molecule has 2 aliphatic rings. The minimum atomic E-state index is -0.371. The summed E-state index contributed by atoms with van der Waals surface area (Å²) in [4.78, 5) is 2.36. The van der Waals surface area contributed by atoms with Crippen molar-refractivity contribution in [2.24, 2.45) is 0 Å². The second-order valence-electron chi connectivity index (χ2n) is 13.0. The average molecular weight is 538 g/mol. The highest BCUT2D eigenvalue weighted by molar-refractivity contribution is 6.62. The molecule has 7 rings (SSSR count). The standard InChI is InChI=1S/C37H36BNO2/c1-35(2)33-15-11-10-14-31(33)32-21-20-30(24-34(32)35)39(28-12-8-7-9-13-28)29-19-17-25-22-27(18-16-26(25)23-29)38-40-36(3,4)37(5,6)41-38/h7-24H,1-6H3. The first-order valence-electron chi connectivity index (χ1n) is 14.5. The highest BCUT2D eigenvalue weighted by Crippen LogP contribution is 2.50. The van der Waals surface area contributed by atoms with E-state index in [-0.39, 0.29) is 23.7 Å². The fourth-order valence-corrected chi connectivity index (χ4v) is 6.37. The van der Waals surface area contributed by atoms with Crippen molar-refractivity contribution in [3.8, 4) is 11.1 Å². The fourth-order valence-electron chi connectivity index (χ4n) is 6.37. The molecule has 0 spiro atoms. The molecular formula is C37H36BNO2. The van der Waals surface area contributed by atoms with Crippen LogP contribution in [-0.2, 0) is 14.7 Å². The summed E-state index contributed by atoms with van der Waals surface area (Å²) >= 11 is 0. The van der Waals surface area contributed by atoms with E-state index in [4.69, 9.17) is 9.31 Å². The number of para-hydroxylation sites is 1. The van der Waals surface area contributed by atoms with E-state index in [1.54, 1.807) is 0 Å². The monoisotopic (exact) mass is 537 g/mol. The highest BCUT2D eigenvalue weighted by atomic mass is 16.7. The van der Waals surface area contributed by atoms with Crippen molar-refractivity contribution in [3.63, 3.8) is 0 Å². The van der Waals surface area contributed by atoms with Gasteiger partial charge in [0.25, 0.3) is 0 Å². The Morgan fingerprint density at radius 1 is 0.512 bits per heavy atom. The van der Waals surface area contributed by atoms with E-state index < -0.39 is 0 Å². The maximum atomic E-state index is 6.32. The number of rotatable bonds is 4. The summed E-state index contributed by atoms with van der Waals surface area (Å²) in [6.07, 6.45) is 0. The van der Waals surface area contributed by atoms with Crippen LogP contribution in [0, 0.1) is 0 Å². The molecular weight excluding hydrogens is 501 g/mol. The third-order valence-corrected chi connectivity index (χ3v) is 9.47. The SMILES string of the molecule is CC1(C)c2ccccc2-c2ccc(N(c3ccccc3)c3ccc4cc(B5OC(C)(C)C(C)(C)O5)ccc4c3)cc21. The summed E-state index contributed by atoms with van der Waals surface area (Å²) in [7, 11) is -0.371. The van der Waals surface area contributed by atoms with Gasteiger partial charge in [-0.05, 0) is 103 Å². The minimum Gasteiger partial charge on any atom is -0.399 e. The van der Waals surface area contributed by atoms with Gasteiger partial charge >= 0.3 is 7.12 Å². The predicted molar refractivity (Wildman–Crippen MR) is 172 cm³/mol. The van der Waals surface area contributed by atoms with Gasteiger partial charge in [-0.3, -0.25) is 0 Å². The lowest BCUT2D eigenvalue weighted by Crippen LogP contribution is -2.41. The largest absolute Gasteiger partial charge is 0.494 e. The maximum absolute atomic E-state index is 6.32. The lowest BCUT2D eigenvalue weighted by atomic mass is 9.78. The van der Waals surface area contributed by atoms with Crippen LogP contribution in [0.3, 0.4) is 0 Å². The number of anilines is 3. The Hall–Kier alpha value is -3.86. The zero-order valence-electron chi connectivity index (χ0n) is 24.7. The molecule has 0 N–H and O–H groups in total. The number of benzene rings is 5. The molecule has 0 amide bonds. The van der Waals surface area contributed by atoms with Crippen LogP contribution in [0.1, 0.15) is 52.7 Å².